The lowest BCUT2D eigenvalue weighted by molar-refractivity contribution is 0.388. The van der Waals surface area contributed by atoms with E-state index in [0.717, 1.165) is 0 Å². The molecule has 0 aliphatic carbocycles. The Hall–Kier alpha value is -0.970. The van der Waals surface area contributed by atoms with Gasteiger partial charge in [-0.3, -0.25) is 0 Å². The molecule has 0 fully saturated rings. The van der Waals surface area contributed by atoms with Gasteiger partial charge in [0.05, 0.1) is 22.3 Å². The van der Waals surface area contributed by atoms with E-state index in [1.807, 2.05) is 0 Å². The van der Waals surface area contributed by atoms with Crippen LogP contribution in [0.25, 0.3) is 0 Å². The molecule has 1 heterocycles. The minimum atomic E-state index is 0.373. The Labute approximate surface area is 113 Å². The monoisotopic (exact) mass is 291 g/mol. The molecular formula is C10H8Cl3N3O. The number of aromatic nitrogens is 2. The molecule has 1 N–H and O–H groups in total. The molecule has 2 aromatic rings. The molecule has 2 rings (SSSR count). The van der Waals surface area contributed by atoms with Gasteiger partial charge >= 0.3 is 0 Å². The number of hydrogen-bond donors (Lipinski definition) is 1. The van der Waals surface area contributed by atoms with E-state index in [4.69, 9.17) is 39.3 Å². The zero-order valence-electron chi connectivity index (χ0n) is 8.80. The molecule has 90 valence electrons. The third kappa shape index (κ3) is 3.03. The first-order chi connectivity index (χ1) is 8.06. The zero-order chi connectivity index (χ0) is 12.4. The predicted molar refractivity (Wildman–Crippen MR) is 67.8 cm³/mol. The van der Waals surface area contributed by atoms with Gasteiger partial charge in [0.15, 0.2) is 5.82 Å². The molecule has 1 aromatic carbocycles. The van der Waals surface area contributed by atoms with Crippen LogP contribution in [-0.4, -0.2) is 10.1 Å². The van der Waals surface area contributed by atoms with Gasteiger partial charge in [0.25, 0.3) is 0 Å². The fraction of sp³-hybridized carbons (Fsp3) is 0.200. The highest BCUT2D eigenvalue weighted by atomic mass is 35.5. The van der Waals surface area contributed by atoms with Crippen LogP contribution in [0.5, 0.6) is 0 Å². The van der Waals surface area contributed by atoms with Crippen molar-refractivity contribution in [2.45, 2.75) is 13.5 Å². The summed E-state index contributed by atoms with van der Waals surface area (Å²) in [5, 5.41) is 8.16. The van der Waals surface area contributed by atoms with Crippen LogP contribution in [0.4, 0.5) is 5.69 Å². The minimum Gasteiger partial charge on any atom is -0.375 e. The molecule has 0 bridgehead atoms. The zero-order valence-corrected chi connectivity index (χ0v) is 11.1. The van der Waals surface area contributed by atoms with Gasteiger partial charge in [-0.25, -0.2) is 0 Å². The predicted octanol–water partition coefficient (Wildman–Crippen LogP) is 3.95. The molecule has 0 aliphatic heterocycles. The number of rotatable bonds is 3. The molecule has 0 aliphatic rings. The number of hydrogen-bond acceptors (Lipinski definition) is 4. The van der Waals surface area contributed by atoms with Gasteiger partial charge in [-0.15, -0.1) is 0 Å². The van der Waals surface area contributed by atoms with Crippen molar-refractivity contribution in [3.63, 3.8) is 0 Å². The van der Waals surface area contributed by atoms with Gasteiger partial charge < -0.3 is 9.84 Å². The molecular weight excluding hydrogens is 284 g/mol. The van der Waals surface area contributed by atoms with Gasteiger partial charge in [0, 0.05) is 11.9 Å². The van der Waals surface area contributed by atoms with Gasteiger partial charge in [-0.1, -0.05) is 40.0 Å². The Balaban J connectivity index is 2.14. The van der Waals surface area contributed by atoms with Crippen molar-refractivity contribution in [1.82, 2.24) is 10.1 Å². The van der Waals surface area contributed by atoms with E-state index in [-0.39, 0.29) is 0 Å². The number of nitrogens with zero attached hydrogens (tertiary/aromatic N) is 2. The molecule has 0 radical (unpaired) electrons. The van der Waals surface area contributed by atoms with Crippen LogP contribution >= 0.6 is 34.8 Å². The van der Waals surface area contributed by atoms with E-state index < -0.39 is 0 Å². The Morgan fingerprint density at radius 2 is 1.88 bits per heavy atom. The van der Waals surface area contributed by atoms with Crippen LogP contribution in [0.2, 0.25) is 15.1 Å². The summed E-state index contributed by atoms with van der Waals surface area (Å²) in [5.74, 6) is 1.04. The van der Waals surface area contributed by atoms with Gasteiger partial charge in [-0.2, -0.15) is 4.98 Å². The average molecular weight is 293 g/mol. The lowest BCUT2D eigenvalue weighted by atomic mass is 10.3. The van der Waals surface area contributed by atoms with Crippen molar-refractivity contribution in [3.05, 3.63) is 38.9 Å². The van der Waals surface area contributed by atoms with Crippen molar-refractivity contribution in [2.24, 2.45) is 0 Å². The summed E-state index contributed by atoms with van der Waals surface area (Å²) in [7, 11) is 0. The molecule has 0 amide bonds. The molecule has 0 unspecified atom stereocenters. The van der Waals surface area contributed by atoms with Gasteiger partial charge in [0.1, 0.15) is 0 Å². The summed E-state index contributed by atoms with van der Waals surface area (Å²) in [4.78, 5) is 4.05. The summed E-state index contributed by atoms with van der Waals surface area (Å²) in [6, 6.07) is 3.22. The van der Waals surface area contributed by atoms with E-state index in [1.54, 1.807) is 19.1 Å². The van der Waals surface area contributed by atoms with E-state index in [9.17, 15) is 0 Å². The molecule has 0 atom stereocenters. The normalized spacial score (nSPS) is 10.6. The highest BCUT2D eigenvalue weighted by Gasteiger charge is 2.09. The number of aryl methyl sites for hydroxylation is 1. The van der Waals surface area contributed by atoms with Crippen LogP contribution in [0.3, 0.4) is 0 Å². The van der Waals surface area contributed by atoms with Crippen LogP contribution in [0, 0.1) is 6.92 Å². The second-order valence-corrected chi connectivity index (χ2v) is 4.58. The molecule has 17 heavy (non-hydrogen) atoms. The molecule has 4 nitrogen and oxygen atoms in total. The lowest BCUT2D eigenvalue weighted by Crippen LogP contribution is -2.02. The van der Waals surface area contributed by atoms with Crippen LogP contribution < -0.4 is 5.32 Å². The van der Waals surface area contributed by atoms with Gasteiger partial charge in [0.2, 0.25) is 5.89 Å². The van der Waals surface area contributed by atoms with E-state index in [0.29, 0.717) is 39.0 Å². The summed E-state index contributed by atoms with van der Waals surface area (Å²) >= 11 is 17.8. The third-order valence-electron chi connectivity index (χ3n) is 2.00. The quantitative estimate of drug-likeness (QED) is 0.930. The molecule has 1 aromatic heterocycles. The summed E-state index contributed by atoms with van der Waals surface area (Å²) in [5.41, 5.74) is 0.597. The Bertz CT molecular complexity index is 518. The molecule has 0 saturated carbocycles. The first kappa shape index (κ1) is 12.5. The fourth-order valence-corrected chi connectivity index (χ4v) is 2.24. The number of benzene rings is 1. The maximum Gasteiger partial charge on any atom is 0.223 e. The van der Waals surface area contributed by atoms with Crippen molar-refractivity contribution < 1.29 is 4.52 Å². The highest BCUT2D eigenvalue weighted by molar-refractivity contribution is 6.41. The summed E-state index contributed by atoms with van der Waals surface area (Å²) in [6.45, 7) is 2.09. The van der Waals surface area contributed by atoms with Crippen LogP contribution in [0.1, 0.15) is 11.7 Å². The van der Waals surface area contributed by atoms with E-state index in [1.165, 1.54) is 0 Å². The summed E-state index contributed by atoms with van der Waals surface area (Å²) < 4.78 is 4.84. The minimum absolute atomic E-state index is 0.373. The van der Waals surface area contributed by atoms with Crippen LogP contribution in [0.15, 0.2) is 16.7 Å². The van der Waals surface area contributed by atoms with E-state index >= 15 is 0 Å². The number of anilines is 1. The number of halogens is 3. The average Bonchev–Trinajstić information content (AvgIpc) is 2.62. The van der Waals surface area contributed by atoms with Gasteiger partial charge in [-0.05, 0) is 12.1 Å². The smallest absolute Gasteiger partial charge is 0.223 e. The lowest BCUT2D eigenvalue weighted by Gasteiger charge is -2.08. The number of nitrogens with one attached hydrogen (secondary N) is 1. The van der Waals surface area contributed by atoms with Crippen molar-refractivity contribution >= 4 is 40.5 Å². The fourth-order valence-electron chi connectivity index (χ4n) is 1.29. The molecule has 7 heteroatoms. The first-order valence-corrected chi connectivity index (χ1v) is 5.87. The first-order valence-electron chi connectivity index (χ1n) is 4.74. The Morgan fingerprint density at radius 3 is 2.41 bits per heavy atom. The van der Waals surface area contributed by atoms with Crippen molar-refractivity contribution in [2.75, 3.05) is 5.32 Å². The third-order valence-corrected chi connectivity index (χ3v) is 2.81. The maximum absolute atomic E-state index is 6.01. The standard InChI is InChI=1S/C10H8Cl3N3O/c1-5-15-9(16-17-5)4-14-10-7(12)2-6(11)3-8(10)13/h2-3,14H,4H2,1H3. The van der Waals surface area contributed by atoms with Crippen LogP contribution in [-0.2, 0) is 6.54 Å². The second kappa shape index (κ2) is 5.12. The summed E-state index contributed by atoms with van der Waals surface area (Å²) in [6.07, 6.45) is 0. The Kier molecular flexibility index (Phi) is 3.76. The SMILES string of the molecule is Cc1nc(CNc2c(Cl)cc(Cl)cc2Cl)no1. The second-order valence-electron chi connectivity index (χ2n) is 3.33. The molecule has 0 saturated heterocycles. The topological polar surface area (TPSA) is 51.0 Å². The van der Waals surface area contributed by atoms with Crippen molar-refractivity contribution in [1.29, 1.82) is 0 Å². The van der Waals surface area contributed by atoms with E-state index in [2.05, 4.69) is 15.5 Å². The maximum atomic E-state index is 6.01. The molecule has 0 spiro atoms. The van der Waals surface area contributed by atoms with Crippen molar-refractivity contribution in [3.8, 4) is 0 Å². The highest BCUT2D eigenvalue weighted by Crippen LogP contribution is 2.33. The largest absolute Gasteiger partial charge is 0.375 e. The Morgan fingerprint density at radius 1 is 1.24 bits per heavy atom.